The molecule has 0 aromatic carbocycles. The first kappa shape index (κ1) is 12.9. The molecule has 13 heavy (non-hydrogen) atoms. The third kappa shape index (κ3) is 6.08. The number of hydrogen-bond acceptors (Lipinski definition) is 1. The topological polar surface area (TPSA) is 24.7 Å². The van der Waals surface area contributed by atoms with Gasteiger partial charge >= 0.3 is 0 Å². The summed E-state index contributed by atoms with van der Waals surface area (Å²) in [6, 6.07) is 0. The molecule has 0 aromatic heterocycles. The summed E-state index contributed by atoms with van der Waals surface area (Å²) < 4.78 is 0. The highest BCUT2D eigenvalue weighted by Crippen LogP contribution is 2.14. The van der Waals surface area contributed by atoms with Crippen LogP contribution < -0.4 is 0 Å². The fraction of sp³-hybridized carbons (Fsp3) is 0.500. The molecule has 0 radical (unpaired) electrons. The maximum atomic E-state index is 5.81. The molecule has 0 aromatic rings. The summed E-state index contributed by atoms with van der Waals surface area (Å²) in [4.78, 5) is 7.56. The molecular formula is C8H11Cl3N2. The Kier molecular flexibility index (Phi) is 6.39. The first-order valence-corrected chi connectivity index (χ1v) is 4.91. The number of nitrogens with zero attached hydrogens (tertiary/aromatic N) is 2. The molecule has 0 atom stereocenters. The summed E-state index contributed by atoms with van der Waals surface area (Å²) in [5.41, 5.74) is 0.960. The second kappa shape index (κ2) is 6.41. The van der Waals surface area contributed by atoms with Gasteiger partial charge in [0.2, 0.25) is 5.29 Å². The van der Waals surface area contributed by atoms with Crippen molar-refractivity contribution in [1.82, 2.24) is 0 Å². The maximum Gasteiger partial charge on any atom is 0.224 e. The summed E-state index contributed by atoms with van der Waals surface area (Å²) in [5.74, 6) is 0. The lowest BCUT2D eigenvalue weighted by Crippen LogP contribution is -1.87. The molecule has 0 aliphatic carbocycles. The van der Waals surface area contributed by atoms with Crippen molar-refractivity contribution in [3.05, 3.63) is 10.7 Å². The van der Waals surface area contributed by atoms with Gasteiger partial charge in [-0.1, -0.05) is 30.1 Å². The molecule has 5 heteroatoms. The van der Waals surface area contributed by atoms with Crippen molar-refractivity contribution in [1.29, 1.82) is 0 Å². The van der Waals surface area contributed by atoms with Gasteiger partial charge in [0.25, 0.3) is 0 Å². The van der Waals surface area contributed by atoms with Crippen LogP contribution in [0.4, 0.5) is 0 Å². The molecule has 2 nitrogen and oxygen atoms in total. The minimum Gasteiger partial charge on any atom is -0.211 e. The Morgan fingerprint density at radius 2 is 1.62 bits per heavy atom. The molecule has 0 rings (SSSR count). The van der Waals surface area contributed by atoms with Gasteiger partial charge in [-0.05, 0) is 37.4 Å². The highest BCUT2D eigenvalue weighted by Gasteiger charge is 1.97. The van der Waals surface area contributed by atoms with E-state index in [2.05, 4.69) is 9.98 Å². The molecule has 0 saturated heterocycles. The number of halogens is 3. The van der Waals surface area contributed by atoms with Crippen LogP contribution in [-0.2, 0) is 0 Å². The van der Waals surface area contributed by atoms with Crippen LogP contribution in [0.5, 0.6) is 0 Å². The smallest absolute Gasteiger partial charge is 0.211 e. The van der Waals surface area contributed by atoms with Crippen molar-refractivity contribution in [2.24, 2.45) is 9.98 Å². The minimum absolute atomic E-state index is 0.0466. The van der Waals surface area contributed by atoms with Gasteiger partial charge in [0.1, 0.15) is 10.3 Å². The van der Waals surface area contributed by atoms with E-state index < -0.39 is 0 Å². The monoisotopic (exact) mass is 240 g/mol. The van der Waals surface area contributed by atoms with Gasteiger partial charge in [0.05, 0.1) is 0 Å². The van der Waals surface area contributed by atoms with Crippen LogP contribution in [0.15, 0.2) is 20.7 Å². The van der Waals surface area contributed by atoms with Gasteiger partial charge in [-0.15, -0.1) is 0 Å². The first-order chi connectivity index (χ1) is 5.97. The van der Waals surface area contributed by atoms with E-state index in [1.807, 2.05) is 13.8 Å². The van der Waals surface area contributed by atoms with Gasteiger partial charge in [-0.25, -0.2) is 9.98 Å². The van der Waals surface area contributed by atoms with Crippen molar-refractivity contribution in [3.8, 4) is 0 Å². The summed E-state index contributed by atoms with van der Waals surface area (Å²) in [6.07, 6.45) is 0.829. The van der Waals surface area contributed by atoms with Crippen molar-refractivity contribution >= 4 is 45.3 Å². The number of allylic oxidation sites excluding steroid dienone is 1. The standard InChI is InChI=1S/C8H11Cl3N2/c1-4-5(2)7(10)13-8(11)12-6(3)9/h4H2,1-3H3/b7-5+,12-6+,13-8-. The maximum absolute atomic E-state index is 5.81. The second-order valence-corrected chi connectivity index (χ2v) is 3.66. The normalized spacial score (nSPS) is 15.8. The van der Waals surface area contributed by atoms with E-state index in [9.17, 15) is 0 Å². The zero-order valence-electron chi connectivity index (χ0n) is 7.74. The van der Waals surface area contributed by atoms with Crippen molar-refractivity contribution in [2.75, 3.05) is 0 Å². The molecular weight excluding hydrogens is 230 g/mol. The fourth-order valence-electron chi connectivity index (χ4n) is 0.474. The average Bonchev–Trinajstić information content (AvgIpc) is 2.01. The molecule has 0 unspecified atom stereocenters. The molecule has 0 saturated carbocycles. The third-order valence-corrected chi connectivity index (χ3v) is 1.98. The molecule has 0 amide bonds. The van der Waals surface area contributed by atoms with Gasteiger partial charge in [-0.2, -0.15) is 0 Å². The summed E-state index contributed by atoms with van der Waals surface area (Å²) in [5, 5.41) is 0.742. The zero-order chi connectivity index (χ0) is 10.4. The lowest BCUT2D eigenvalue weighted by molar-refractivity contribution is 1.08. The zero-order valence-corrected chi connectivity index (χ0v) is 10.0. The molecule has 0 fully saturated rings. The number of aliphatic imine (C=N–C) groups is 2. The molecule has 0 aliphatic heterocycles. The quantitative estimate of drug-likeness (QED) is 0.395. The highest BCUT2D eigenvalue weighted by molar-refractivity contribution is 6.71. The summed E-state index contributed by atoms with van der Waals surface area (Å²) in [7, 11) is 0. The van der Waals surface area contributed by atoms with Crippen molar-refractivity contribution in [2.45, 2.75) is 27.2 Å². The Labute approximate surface area is 93.3 Å². The molecule has 0 aliphatic rings. The lowest BCUT2D eigenvalue weighted by Gasteiger charge is -1.96. The highest BCUT2D eigenvalue weighted by atomic mass is 35.5. The predicted molar refractivity (Wildman–Crippen MR) is 61.1 cm³/mol. The number of amidine groups is 1. The van der Waals surface area contributed by atoms with E-state index in [0.29, 0.717) is 10.3 Å². The molecule has 0 bridgehead atoms. The van der Waals surface area contributed by atoms with E-state index in [0.717, 1.165) is 12.0 Å². The van der Waals surface area contributed by atoms with Crippen molar-refractivity contribution < 1.29 is 0 Å². The Hall–Kier alpha value is -0.0500. The largest absolute Gasteiger partial charge is 0.224 e. The van der Waals surface area contributed by atoms with Crippen LogP contribution in [0.1, 0.15) is 27.2 Å². The SMILES string of the molecule is CC/C(C)=C(Cl)/N=C(Cl)\N=C(/C)Cl. The fourth-order valence-corrected chi connectivity index (χ4v) is 1.07. The van der Waals surface area contributed by atoms with Crippen molar-refractivity contribution in [3.63, 3.8) is 0 Å². The van der Waals surface area contributed by atoms with Crippen LogP contribution in [0, 0.1) is 0 Å². The Morgan fingerprint density at radius 1 is 1.08 bits per heavy atom. The predicted octanol–water partition coefficient (Wildman–Crippen LogP) is 4.12. The van der Waals surface area contributed by atoms with Crippen LogP contribution in [0.2, 0.25) is 0 Å². The summed E-state index contributed by atoms with van der Waals surface area (Å²) in [6.45, 7) is 5.48. The number of rotatable bonds is 2. The van der Waals surface area contributed by atoms with E-state index in [1.165, 1.54) is 0 Å². The molecule has 0 heterocycles. The molecule has 74 valence electrons. The first-order valence-electron chi connectivity index (χ1n) is 3.77. The van der Waals surface area contributed by atoms with Gasteiger partial charge in [-0.3, -0.25) is 0 Å². The van der Waals surface area contributed by atoms with Crippen LogP contribution in [-0.4, -0.2) is 10.5 Å². The van der Waals surface area contributed by atoms with Gasteiger partial charge < -0.3 is 0 Å². The van der Waals surface area contributed by atoms with E-state index in [-0.39, 0.29) is 5.29 Å². The second-order valence-electron chi connectivity index (χ2n) is 2.41. The average molecular weight is 242 g/mol. The Balaban J connectivity index is 4.67. The number of hydrogen-bond donors (Lipinski definition) is 0. The van der Waals surface area contributed by atoms with E-state index >= 15 is 0 Å². The van der Waals surface area contributed by atoms with Gasteiger partial charge in [0.15, 0.2) is 0 Å². The minimum atomic E-state index is 0.0466. The van der Waals surface area contributed by atoms with E-state index in [4.69, 9.17) is 34.8 Å². The van der Waals surface area contributed by atoms with Crippen LogP contribution in [0.25, 0.3) is 0 Å². The Morgan fingerprint density at radius 3 is 2.00 bits per heavy atom. The third-order valence-electron chi connectivity index (χ3n) is 1.32. The van der Waals surface area contributed by atoms with Crippen LogP contribution in [0.3, 0.4) is 0 Å². The van der Waals surface area contributed by atoms with Gasteiger partial charge in [0, 0.05) is 0 Å². The van der Waals surface area contributed by atoms with E-state index in [1.54, 1.807) is 6.92 Å². The van der Waals surface area contributed by atoms with Crippen LogP contribution >= 0.6 is 34.8 Å². The molecule has 0 spiro atoms. The molecule has 0 N–H and O–H groups in total. The Bertz CT molecular complexity index is 263. The summed E-state index contributed by atoms with van der Waals surface area (Å²) >= 11 is 16.9. The lowest BCUT2D eigenvalue weighted by atomic mass is 10.3.